The molecule has 1 fully saturated rings. The Morgan fingerprint density at radius 3 is 2.55 bits per heavy atom. The van der Waals surface area contributed by atoms with Crippen molar-refractivity contribution >= 4 is 17.6 Å². The second kappa shape index (κ2) is 11.4. The average molecular weight is 395 g/mol. The van der Waals surface area contributed by atoms with Crippen molar-refractivity contribution in [3.63, 3.8) is 0 Å². The van der Waals surface area contributed by atoms with E-state index >= 15 is 0 Å². The number of benzene rings is 2. The Labute approximate surface area is 173 Å². The monoisotopic (exact) mass is 394 g/mol. The molecule has 0 saturated carbocycles. The lowest BCUT2D eigenvalue weighted by molar-refractivity contribution is -0.115. The Morgan fingerprint density at radius 1 is 1.07 bits per heavy atom. The van der Waals surface area contributed by atoms with Gasteiger partial charge in [-0.2, -0.15) is 0 Å². The zero-order chi connectivity index (χ0) is 20.3. The molecule has 0 unspecified atom stereocenters. The summed E-state index contributed by atoms with van der Waals surface area (Å²) in [5.41, 5.74) is 2.42. The van der Waals surface area contributed by atoms with Crippen molar-refractivity contribution in [3.05, 3.63) is 65.7 Å². The number of methoxy groups -OCH3 is 1. The van der Waals surface area contributed by atoms with Crippen LogP contribution in [0.15, 0.2) is 54.6 Å². The number of hydrogen-bond donors (Lipinski definition) is 1. The quantitative estimate of drug-likeness (QED) is 0.402. The summed E-state index contributed by atoms with van der Waals surface area (Å²) in [4.78, 5) is 15.4. The fraction of sp³-hybridized carbons (Fsp3) is 0.375. The number of carbonyl (C=O) groups excluding carboxylic acids is 1. The second-order valence-corrected chi connectivity index (χ2v) is 7.08. The molecule has 0 radical (unpaired) electrons. The molecule has 2 aromatic rings. The molecule has 0 aliphatic carbocycles. The van der Waals surface area contributed by atoms with Crippen LogP contribution in [0.3, 0.4) is 0 Å². The summed E-state index contributed by atoms with van der Waals surface area (Å²) in [6, 6.07) is 17.5. The summed E-state index contributed by atoms with van der Waals surface area (Å²) in [7, 11) is 1.64. The van der Waals surface area contributed by atoms with Gasteiger partial charge in [-0.25, -0.2) is 0 Å². The minimum atomic E-state index is -0.0616. The maximum Gasteiger partial charge on any atom is 0.251 e. The van der Waals surface area contributed by atoms with Crippen molar-refractivity contribution < 1.29 is 14.3 Å². The number of nitrogens with one attached hydrogen (secondary N) is 1. The van der Waals surface area contributed by atoms with Crippen LogP contribution < -0.4 is 10.1 Å². The van der Waals surface area contributed by atoms with Gasteiger partial charge in [-0.05, 0) is 37.1 Å². The van der Waals surface area contributed by atoms with Gasteiger partial charge in [0.2, 0.25) is 0 Å². The number of carbonyl (C=O) groups is 1. The van der Waals surface area contributed by atoms with Gasteiger partial charge in [0.15, 0.2) is 0 Å². The first-order chi connectivity index (χ1) is 14.3. The largest absolute Gasteiger partial charge is 0.496 e. The summed E-state index contributed by atoms with van der Waals surface area (Å²) in [5, 5.41) is 3.09. The Bertz CT molecular complexity index is 799. The number of amides is 1. The first-order valence-corrected chi connectivity index (χ1v) is 10.3. The van der Waals surface area contributed by atoms with E-state index in [1.165, 1.54) is 0 Å². The maximum absolute atomic E-state index is 13.0. The molecule has 1 aliphatic heterocycles. The predicted octanol–water partition coefficient (Wildman–Crippen LogP) is 3.46. The molecule has 1 aliphatic rings. The molecule has 1 heterocycles. The molecule has 0 bridgehead atoms. The smallest absolute Gasteiger partial charge is 0.251 e. The van der Waals surface area contributed by atoms with E-state index in [2.05, 4.69) is 10.2 Å². The van der Waals surface area contributed by atoms with Gasteiger partial charge >= 0.3 is 0 Å². The van der Waals surface area contributed by atoms with Crippen LogP contribution in [-0.4, -0.2) is 57.3 Å². The van der Waals surface area contributed by atoms with Crippen molar-refractivity contribution in [3.8, 4) is 5.75 Å². The molecule has 2 aromatic carbocycles. The highest BCUT2D eigenvalue weighted by atomic mass is 16.5. The summed E-state index contributed by atoms with van der Waals surface area (Å²) < 4.78 is 10.8. The van der Waals surface area contributed by atoms with Crippen molar-refractivity contribution in [2.75, 3.05) is 46.5 Å². The molecule has 0 atom stereocenters. The molecule has 1 amide bonds. The van der Waals surface area contributed by atoms with Crippen LogP contribution in [-0.2, 0) is 9.53 Å². The first kappa shape index (κ1) is 21.1. The number of unbranched alkanes of at least 4 members (excludes halogenated alkanes) is 1. The van der Waals surface area contributed by atoms with Crippen molar-refractivity contribution in [2.45, 2.75) is 12.8 Å². The van der Waals surface area contributed by atoms with Gasteiger partial charge in [0.25, 0.3) is 5.91 Å². The van der Waals surface area contributed by atoms with Crippen LogP contribution in [0.25, 0.3) is 11.6 Å². The van der Waals surface area contributed by atoms with E-state index in [1.54, 1.807) is 7.11 Å². The number of para-hydroxylation sites is 1. The zero-order valence-electron chi connectivity index (χ0n) is 17.1. The normalized spacial score (nSPS) is 15.1. The maximum atomic E-state index is 13.0. The van der Waals surface area contributed by atoms with E-state index in [-0.39, 0.29) is 5.91 Å². The third-order valence-electron chi connectivity index (χ3n) is 5.06. The summed E-state index contributed by atoms with van der Waals surface area (Å²) in [6.07, 6.45) is 3.92. The van der Waals surface area contributed by atoms with Gasteiger partial charge < -0.3 is 14.8 Å². The third kappa shape index (κ3) is 6.44. The highest BCUT2D eigenvalue weighted by Gasteiger charge is 2.13. The van der Waals surface area contributed by atoms with Gasteiger partial charge in [0.05, 0.1) is 20.3 Å². The lowest BCUT2D eigenvalue weighted by Gasteiger charge is -2.26. The van der Waals surface area contributed by atoms with Crippen LogP contribution in [0.4, 0.5) is 0 Å². The number of ether oxygens (including phenoxy) is 2. The van der Waals surface area contributed by atoms with Gasteiger partial charge in [0, 0.05) is 30.8 Å². The summed E-state index contributed by atoms with van der Waals surface area (Å²) in [5.74, 6) is 0.688. The predicted molar refractivity (Wildman–Crippen MR) is 117 cm³/mol. The number of rotatable bonds is 9. The van der Waals surface area contributed by atoms with Crippen LogP contribution >= 0.6 is 0 Å². The molecule has 1 N–H and O–H groups in total. The van der Waals surface area contributed by atoms with Crippen LogP contribution in [0.1, 0.15) is 24.0 Å². The SMILES string of the molecule is COc1ccccc1/C=C(/C(=O)NCCCCN1CCOCC1)c1ccccc1. The lowest BCUT2D eigenvalue weighted by atomic mass is 10.0. The number of nitrogens with zero attached hydrogens (tertiary/aromatic N) is 1. The van der Waals surface area contributed by atoms with Crippen LogP contribution in [0.2, 0.25) is 0 Å². The van der Waals surface area contributed by atoms with Crippen LogP contribution in [0, 0.1) is 0 Å². The van der Waals surface area contributed by atoms with Crippen molar-refractivity contribution in [1.82, 2.24) is 10.2 Å². The van der Waals surface area contributed by atoms with Crippen LogP contribution in [0.5, 0.6) is 5.75 Å². The fourth-order valence-corrected chi connectivity index (χ4v) is 3.42. The van der Waals surface area contributed by atoms with Crippen molar-refractivity contribution in [2.24, 2.45) is 0 Å². The number of hydrogen-bond acceptors (Lipinski definition) is 4. The summed E-state index contributed by atoms with van der Waals surface area (Å²) in [6.45, 7) is 5.38. The van der Waals surface area contributed by atoms with E-state index in [4.69, 9.17) is 9.47 Å². The van der Waals surface area contributed by atoms with Gasteiger partial charge in [-0.1, -0.05) is 48.5 Å². The highest BCUT2D eigenvalue weighted by Crippen LogP contribution is 2.24. The Morgan fingerprint density at radius 2 is 1.79 bits per heavy atom. The summed E-state index contributed by atoms with van der Waals surface area (Å²) >= 11 is 0. The molecule has 0 spiro atoms. The van der Waals surface area contributed by atoms with Crippen molar-refractivity contribution in [1.29, 1.82) is 0 Å². The number of morpholine rings is 1. The molecular formula is C24H30N2O3. The Hall–Kier alpha value is -2.63. The van der Waals surface area contributed by atoms with E-state index in [0.717, 1.165) is 62.6 Å². The second-order valence-electron chi connectivity index (χ2n) is 7.08. The minimum Gasteiger partial charge on any atom is -0.496 e. The van der Waals surface area contributed by atoms with Gasteiger partial charge in [0.1, 0.15) is 5.75 Å². The third-order valence-corrected chi connectivity index (χ3v) is 5.06. The van der Waals surface area contributed by atoms with Gasteiger partial charge in [-0.15, -0.1) is 0 Å². The fourth-order valence-electron chi connectivity index (χ4n) is 3.42. The molecule has 5 heteroatoms. The topological polar surface area (TPSA) is 50.8 Å². The van der Waals surface area contributed by atoms with E-state index in [1.807, 2.05) is 60.7 Å². The first-order valence-electron chi connectivity index (χ1n) is 10.3. The molecule has 1 saturated heterocycles. The molecule has 0 aromatic heterocycles. The van der Waals surface area contributed by atoms with E-state index in [0.29, 0.717) is 12.1 Å². The lowest BCUT2D eigenvalue weighted by Crippen LogP contribution is -2.37. The minimum absolute atomic E-state index is 0.0616. The Kier molecular flexibility index (Phi) is 8.28. The Balaban J connectivity index is 1.61. The zero-order valence-corrected chi connectivity index (χ0v) is 17.1. The molecular weight excluding hydrogens is 364 g/mol. The van der Waals surface area contributed by atoms with E-state index < -0.39 is 0 Å². The average Bonchev–Trinajstić information content (AvgIpc) is 2.78. The van der Waals surface area contributed by atoms with Gasteiger partial charge in [-0.3, -0.25) is 9.69 Å². The molecule has 3 rings (SSSR count). The van der Waals surface area contributed by atoms with E-state index in [9.17, 15) is 4.79 Å². The highest BCUT2D eigenvalue weighted by molar-refractivity contribution is 6.24. The standard InChI is InChI=1S/C24H30N2O3/c1-28-23-12-6-5-11-21(23)19-22(20-9-3-2-4-10-20)24(27)25-13-7-8-14-26-15-17-29-18-16-26/h2-6,9-12,19H,7-8,13-18H2,1H3,(H,25,27)/b22-19+. The molecule has 29 heavy (non-hydrogen) atoms. The molecule has 5 nitrogen and oxygen atoms in total. The molecule has 154 valence electrons.